The van der Waals surface area contributed by atoms with Crippen molar-refractivity contribution in [3.05, 3.63) is 30.5 Å². The quantitative estimate of drug-likeness (QED) is 0.829. The number of benzene rings is 1. The second-order valence-electron chi connectivity index (χ2n) is 6.04. The fourth-order valence-electron chi connectivity index (χ4n) is 2.90. The Morgan fingerprint density at radius 3 is 2.95 bits per heavy atom. The van der Waals surface area contributed by atoms with Gasteiger partial charge in [0.1, 0.15) is 5.82 Å². The molecular weight excluding hydrogens is 276 g/mol. The summed E-state index contributed by atoms with van der Waals surface area (Å²) in [5.74, 6) is 1.50. The van der Waals surface area contributed by atoms with E-state index in [2.05, 4.69) is 22.1 Å². The average Bonchev–Trinajstić information content (AvgIpc) is 2.53. The van der Waals surface area contributed by atoms with Crippen LogP contribution in [0, 0.1) is 5.92 Å². The highest BCUT2D eigenvalue weighted by Gasteiger charge is 2.14. The van der Waals surface area contributed by atoms with E-state index in [1.165, 1.54) is 0 Å². The molecule has 5 nitrogen and oxygen atoms in total. The van der Waals surface area contributed by atoms with Crippen molar-refractivity contribution in [3.8, 4) is 0 Å². The highest BCUT2D eigenvalue weighted by molar-refractivity contribution is 5.93. The molecule has 0 radical (unpaired) electrons. The first-order valence-corrected chi connectivity index (χ1v) is 7.90. The minimum atomic E-state index is 0.559. The van der Waals surface area contributed by atoms with E-state index in [0.717, 1.165) is 61.7 Å². The summed E-state index contributed by atoms with van der Waals surface area (Å²) in [4.78, 5) is 6.94. The lowest BCUT2D eigenvalue weighted by atomic mass is 10.1. The summed E-state index contributed by atoms with van der Waals surface area (Å²) in [5.41, 5.74) is 6.63. The number of nitrogens with two attached hydrogens (primary N) is 1. The first kappa shape index (κ1) is 15.1. The van der Waals surface area contributed by atoms with Gasteiger partial charge in [-0.3, -0.25) is 4.90 Å². The number of nitrogen functional groups attached to an aromatic ring is 1. The van der Waals surface area contributed by atoms with Crippen molar-refractivity contribution in [2.24, 2.45) is 5.92 Å². The number of fused-ring (bicyclic) bond motifs is 1. The molecule has 0 saturated carbocycles. The summed E-state index contributed by atoms with van der Waals surface area (Å²) in [7, 11) is 0. The summed E-state index contributed by atoms with van der Waals surface area (Å²) in [5, 5.41) is 5.73. The van der Waals surface area contributed by atoms with E-state index >= 15 is 0 Å². The summed E-state index contributed by atoms with van der Waals surface area (Å²) < 4.78 is 5.39. The molecule has 1 aliphatic rings. The van der Waals surface area contributed by atoms with E-state index in [4.69, 9.17) is 10.5 Å². The Morgan fingerprint density at radius 2 is 2.14 bits per heavy atom. The van der Waals surface area contributed by atoms with Gasteiger partial charge in [-0.1, -0.05) is 6.92 Å². The Bertz CT molecular complexity index is 625. The van der Waals surface area contributed by atoms with Gasteiger partial charge in [0.2, 0.25) is 0 Å². The maximum atomic E-state index is 5.84. The van der Waals surface area contributed by atoms with Crippen LogP contribution in [0.25, 0.3) is 10.8 Å². The average molecular weight is 300 g/mol. The van der Waals surface area contributed by atoms with E-state index in [9.17, 15) is 0 Å². The summed E-state index contributed by atoms with van der Waals surface area (Å²) in [6.07, 6.45) is 1.83. The lowest BCUT2D eigenvalue weighted by molar-refractivity contribution is 0.0325. The molecule has 1 saturated heterocycles. The van der Waals surface area contributed by atoms with Crippen molar-refractivity contribution in [2.45, 2.75) is 6.92 Å². The number of morpholine rings is 1. The molecule has 22 heavy (non-hydrogen) atoms. The van der Waals surface area contributed by atoms with Crippen LogP contribution in [0.5, 0.6) is 0 Å². The highest BCUT2D eigenvalue weighted by atomic mass is 16.5. The number of anilines is 2. The van der Waals surface area contributed by atoms with Crippen molar-refractivity contribution >= 4 is 22.3 Å². The van der Waals surface area contributed by atoms with Gasteiger partial charge in [-0.15, -0.1) is 0 Å². The van der Waals surface area contributed by atoms with Crippen molar-refractivity contribution in [1.82, 2.24) is 9.88 Å². The minimum Gasteiger partial charge on any atom is -0.399 e. The van der Waals surface area contributed by atoms with Crippen molar-refractivity contribution in [1.29, 1.82) is 0 Å². The summed E-state index contributed by atoms with van der Waals surface area (Å²) >= 11 is 0. The summed E-state index contributed by atoms with van der Waals surface area (Å²) in [6.45, 7) is 8.05. The summed E-state index contributed by atoms with van der Waals surface area (Å²) in [6, 6.07) is 7.94. The van der Waals surface area contributed by atoms with Gasteiger partial charge in [0.05, 0.1) is 13.2 Å². The largest absolute Gasteiger partial charge is 0.399 e. The molecule has 0 spiro atoms. The fraction of sp³-hybridized carbons (Fsp3) is 0.471. The Labute approximate surface area is 131 Å². The van der Waals surface area contributed by atoms with Crippen LogP contribution in [0.15, 0.2) is 30.5 Å². The SMILES string of the molecule is CC(CNc1nccc2cc(N)ccc12)CN1CCOCC1. The molecule has 0 amide bonds. The van der Waals surface area contributed by atoms with Crippen LogP contribution in [0.2, 0.25) is 0 Å². The van der Waals surface area contributed by atoms with E-state index in [1.807, 2.05) is 30.5 Å². The molecule has 0 aliphatic carbocycles. The normalized spacial score (nSPS) is 17.5. The lowest BCUT2D eigenvalue weighted by Crippen LogP contribution is -2.40. The van der Waals surface area contributed by atoms with Gasteiger partial charge in [0, 0.05) is 43.4 Å². The molecule has 1 unspecified atom stereocenters. The lowest BCUT2D eigenvalue weighted by Gasteiger charge is -2.29. The molecule has 3 rings (SSSR count). The maximum absolute atomic E-state index is 5.84. The Balaban J connectivity index is 1.61. The van der Waals surface area contributed by atoms with Gasteiger partial charge in [0.25, 0.3) is 0 Å². The number of hydrogen-bond donors (Lipinski definition) is 2. The molecule has 2 aromatic rings. The molecule has 0 bridgehead atoms. The fourth-order valence-corrected chi connectivity index (χ4v) is 2.90. The third-order valence-corrected chi connectivity index (χ3v) is 4.08. The number of rotatable bonds is 5. The Morgan fingerprint density at radius 1 is 1.32 bits per heavy atom. The number of hydrogen-bond acceptors (Lipinski definition) is 5. The zero-order valence-corrected chi connectivity index (χ0v) is 13.1. The molecule has 118 valence electrons. The first-order valence-electron chi connectivity index (χ1n) is 7.90. The predicted molar refractivity (Wildman–Crippen MR) is 91.1 cm³/mol. The highest BCUT2D eigenvalue weighted by Crippen LogP contribution is 2.23. The molecule has 1 aromatic carbocycles. The third-order valence-electron chi connectivity index (χ3n) is 4.08. The van der Waals surface area contributed by atoms with E-state index in [-0.39, 0.29) is 0 Å². The van der Waals surface area contributed by atoms with E-state index in [1.54, 1.807) is 0 Å². The molecule has 3 N–H and O–H groups in total. The third kappa shape index (κ3) is 3.67. The first-order chi connectivity index (χ1) is 10.7. The zero-order valence-electron chi connectivity index (χ0n) is 13.1. The number of ether oxygens (including phenoxy) is 1. The maximum Gasteiger partial charge on any atom is 0.133 e. The monoisotopic (exact) mass is 300 g/mol. The molecular formula is C17H24N4O. The molecule has 5 heteroatoms. The number of nitrogens with one attached hydrogen (secondary N) is 1. The number of pyridine rings is 1. The Hall–Kier alpha value is -1.85. The molecule has 1 aliphatic heterocycles. The van der Waals surface area contributed by atoms with Crippen molar-refractivity contribution in [3.63, 3.8) is 0 Å². The number of aromatic nitrogens is 1. The van der Waals surface area contributed by atoms with Gasteiger partial charge in [-0.05, 0) is 35.6 Å². The second kappa shape index (κ2) is 6.94. The zero-order chi connectivity index (χ0) is 15.4. The van der Waals surface area contributed by atoms with Crippen molar-refractivity contribution < 1.29 is 4.74 Å². The molecule has 2 heterocycles. The molecule has 1 aromatic heterocycles. The van der Waals surface area contributed by atoms with Crippen molar-refractivity contribution in [2.75, 3.05) is 50.4 Å². The minimum absolute atomic E-state index is 0.559. The van der Waals surface area contributed by atoms with Gasteiger partial charge >= 0.3 is 0 Å². The predicted octanol–water partition coefficient (Wildman–Crippen LogP) is 2.20. The molecule has 1 fully saturated rings. The van der Waals surface area contributed by atoms with E-state index in [0.29, 0.717) is 5.92 Å². The van der Waals surface area contributed by atoms with Gasteiger partial charge in [-0.2, -0.15) is 0 Å². The van der Waals surface area contributed by atoms with Gasteiger partial charge < -0.3 is 15.8 Å². The van der Waals surface area contributed by atoms with E-state index < -0.39 is 0 Å². The topological polar surface area (TPSA) is 63.4 Å². The van der Waals surface area contributed by atoms with Crippen LogP contribution in [-0.4, -0.2) is 49.3 Å². The van der Waals surface area contributed by atoms with Crippen LogP contribution in [-0.2, 0) is 4.74 Å². The number of nitrogens with zero attached hydrogens (tertiary/aromatic N) is 2. The van der Waals surface area contributed by atoms with Crippen LogP contribution >= 0.6 is 0 Å². The van der Waals surface area contributed by atoms with Gasteiger partial charge in [-0.25, -0.2) is 4.98 Å². The van der Waals surface area contributed by atoms with Crippen LogP contribution < -0.4 is 11.1 Å². The van der Waals surface area contributed by atoms with Gasteiger partial charge in [0.15, 0.2) is 0 Å². The standard InChI is InChI=1S/C17H24N4O/c1-13(12-21-6-8-22-9-7-21)11-20-17-16-3-2-15(18)10-14(16)4-5-19-17/h2-5,10,13H,6-9,11-12,18H2,1H3,(H,19,20). The second-order valence-corrected chi connectivity index (χ2v) is 6.04. The Kier molecular flexibility index (Phi) is 4.75. The van der Waals surface area contributed by atoms with Crippen LogP contribution in [0.1, 0.15) is 6.92 Å². The van der Waals surface area contributed by atoms with Crippen LogP contribution in [0.4, 0.5) is 11.5 Å². The smallest absolute Gasteiger partial charge is 0.133 e. The molecule has 1 atom stereocenters. The van der Waals surface area contributed by atoms with Crippen LogP contribution in [0.3, 0.4) is 0 Å².